The zero-order valence-corrected chi connectivity index (χ0v) is 16.8. The summed E-state index contributed by atoms with van der Waals surface area (Å²) in [4.78, 5) is 32.5. The summed E-state index contributed by atoms with van der Waals surface area (Å²) in [5, 5.41) is 0. The standard InChI is InChI=1S/C17H34O7/c1-14(2,3)23-19-11-16(7,8)21-13(18)22-17(9,10)12-20-24-15(4,5)6/h11-12H2,1-10H3. The van der Waals surface area contributed by atoms with E-state index in [-0.39, 0.29) is 13.2 Å². The molecule has 0 rings (SSSR count). The smallest absolute Gasteiger partial charge is 0.426 e. The van der Waals surface area contributed by atoms with Gasteiger partial charge in [0.2, 0.25) is 0 Å². The van der Waals surface area contributed by atoms with E-state index in [4.69, 9.17) is 29.0 Å². The van der Waals surface area contributed by atoms with E-state index in [0.717, 1.165) is 0 Å². The van der Waals surface area contributed by atoms with Gasteiger partial charge in [0, 0.05) is 0 Å². The minimum atomic E-state index is -0.902. The van der Waals surface area contributed by atoms with E-state index in [1.165, 1.54) is 0 Å². The molecule has 0 aromatic carbocycles. The van der Waals surface area contributed by atoms with Crippen molar-refractivity contribution in [2.45, 2.75) is 91.6 Å². The van der Waals surface area contributed by atoms with E-state index < -0.39 is 28.6 Å². The summed E-state index contributed by atoms with van der Waals surface area (Å²) in [6.45, 7) is 18.1. The number of ether oxygens (including phenoxy) is 2. The molecule has 0 aromatic heterocycles. The van der Waals surface area contributed by atoms with Crippen molar-refractivity contribution in [1.82, 2.24) is 0 Å². The minimum absolute atomic E-state index is 0.0729. The van der Waals surface area contributed by atoms with Crippen molar-refractivity contribution in [3.8, 4) is 0 Å². The van der Waals surface area contributed by atoms with Crippen LogP contribution in [0.15, 0.2) is 0 Å². The molecule has 0 amide bonds. The quantitative estimate of drug-likeness (QED) is 0.369. The van der Waals surface area contributed by atoms with Crippen LogP contribution < -0.4 is 0 Å². The number of rotatable bonds is 8. The second-order valence-electron chi connectivity index (χ2n) is 8.89. The molecule has 24 heavy (non-hydrogen) atoms. The molecule has 0 bridgehead atoms. The van der Waals surface area contributed by atoms with Crippen LogP contribution in [0.5, 0.6) is 0 Å². The van der Waals surface area contributed by atoms with Crippen LogP contribution in [0.1, 0.15) is 69.2 Å². The molecule has 0 aliphatic carbocycles. The third-order valence-corrected chi connectivity index (χ3v) is 2.15. The van der Waals surface area contributed by atoms with Gasteiger partial charge in [0.05, 0.1) is 11.2 Å². The topological polar surface area (TPSA) is 72.5 Å². The first-order chi connectivity index (χ1) is 10.5. The van der Waals surface area contributed by atoms with Crippen molar-refractivity contribution < 1.29 is 33.8 Å². The van der Waals surface area contributed by atoms with Crippen LogP contribution in [0.25, 0.3) is 0 Å². The first-order valence-corrected chi connectivity index (χ1v) is 8.05. The average molecular weight is 350 g/mol. The van der Waals surface area contributed by atoms with Crippen LogP contribution in [0.2, 0.25) is 0 Å². The Hall–Kier alpha value is -0.890. The van der Waals surface area contributed by atoms with Gasteiger partial charge in [0.1, 0.15) is 24.4 Å². The number of carbonyl (C=O) groups is 1. The third-order valence-electron chi connectivity index (χ3n) is 2.15. The molecule has 0 saturated heterocycles. The Morgan fingerprint density at radius 3 is 1.17 bits per heavy atom. The summed E-state index contributed by atoms with van der Waals surface area (Å²) in [6, 6.07) is 0. The fraction of sp³-hybridized carbons (Fsp3) is 0.941. The number of carbonyl (C=O) groups excluding carboxylic acids is 1. The highest BCUT2D eigenvalue weighted by Gasteiger charge is 2.31. The van der Waals surface area contributed by atoms with Crippen molar-refractivity contribution in [2.24, 2.45) is 0 Å². The van der Waals surface area contributed by atoms with Crippen LogP contribution in [0, 0.1) is 0 Å². The second-order valence-corrected chi connectivity index (χ2v) is 8.89. The molecule has 7 heteroatoms. The number of hydrogen-bond acceptors (Lipinski definition) is 7. The van der Waals surface area contributed by atoms with Crippen molar-refractivity contribution in [3.63, 3.8) is 0 Å². The average Bonchev–Trinajstić information content (AvgIpc) is 2.21. The Kier molecular flexibility index (Phi) is 8.15. The largest absolute Gasteiger partial charge is 0.509 e. The van der Waals surface area contributed by atoms with Gasteiger partial charge in [-0.15, -0.1) is 0 Å². The Balaban J connectivity index is 4.29. The molecular weight excluding hydrogens is 316 g/mol. The highest BCUT2D eigenvalue weighted by molar-refractivity contribution is 5.61. The van der Waals surface area contributed by atoms with Crippen LogP contribution in [-0.4, -0.2) is 41.8 Å². The molecule has 0 N–H and O–H groups in total. The summed E-state index contributed by atoms with van der Waals surface area (Å²) in [5.41, 5.74) is -2.69. The van der Waals surface area contributed by atoms with Crippen LogP contribution in [0.4, 0.5) is 4.79 Å². The fourth-order valence-corrected chi connectivity index (χ4v) is 1.23. The molecule has 0 aliphatic rings. The van der Waals surface area contributed by atoms with Gasteiger partial charge in [0.25, 0.3) is 0 Å². The Bertz CT molecular complexity index is 353. The first kappa shape index (κ1) is 23.1. The summed E-state index contributed by atoms with van der Waals surface area (Å²) < 4.78 is 10.5. The lowest BCUT2D eigenvalue weighted by atomic mass is 10.1. The van der Waals surface area contributed by atoms with Gasteiger partial charge in [-0.05, 0) is 69.2 Å². The first-order valence-electron chi connectivity index (χ1n) is 8.05. The molecule has 7 nitrogen and oxygen atoms in total. The van der Waals surface area contributed by atoms with Gasteiger partial charge >= 0.3 is 6.16 Å². The SMILES string of the molecule is CC(C)(C)OOCC(C)(C)OC(=O)OC(C)(C)COOC(C)(C)C. The van der Waals surface area contributed by atoms with E-state index in [1.54, 1.807) is 27.7 Å². The van der Waals surface area contributed by atoms with Gasteiger partial charge in [-0.3, -0.25) is 0 Å². The highest BCUT2D eigenvalue weighted by Crippen LogP contribution is 2.18. The molecule has 0 atom stereocenters. The zero-order chi connectivity index (χ0) is 19.2. The van der Waals surface area contributed by atoms with Gasteiger partial charge in [0.15, 0.2) is 0 Å². The van der Waals surface area contributed by atoms with E-state index in [9.17, 15) is 4.79 Å². The maximum atomic E-state index is 12.0. The maximum absolute atomic E-state index is 12.0. The van der Waals surface area contributed by atoms with E-state index in [0.29, 0.717) is 0 Å². The maximum Gasteiger partial charge on any atom is 0.509 e. The van der Waals surface area contributed by atoms with E-state index in [2.05, 4.69) is 0 Å². The normalized spacial score (nSPS) is 13.8. The Morgan fingerprint density at radius 2 is 0.917 bits per heavy atom. The Morgan fingerprint density at radius 1 is 0.625 bits per heavy atom. The number of hydrogen-bond donors (Lipinski definition) is 0. The Labute approximate surface area is 145 Å². The summed E-state index contributed by atoms with van der Waals surface area (Å²) in [7, 11) is 0. The molecule has 0 heterocycles. The summed E-state index contributed by atoms with van der Waals surface area (Å²) in [5.74, 6) is 0. The molecular formula is C17H34O7. The van der Waals surface area contributed by atoms with Gasteiger partial charge in [-0.1, -0.05) is 0 Å². The van der Waals surface area contributed by atoms with Crippen molar-refractivity contribution in [2.75, 3.05) is 13.2 Å². The predicted molar refractivity (Wildman–Crippen MR) is 89.3 cm³/mol. The second kappa shape index (κ2) is 8.47. The summed E-state index contributed by atoms with van der Waals surface area (Å²) in [6.07, 6.45) is -0.816. The van der Waals surface area contributed by atoms with Crippen molar-refractivity contribution in [3.05, 3.63) is 0 Å². The minimum Gasteiger partial charge on any atom is -0.426 e. The lowest BCUT2D eigenvalue weighted by Crippen LogP contribution is -2.40. The van der Waals surface area contributed by atoms with Gasteiger partial charge < -0.3 is 9.47 Å². The van der Waals surface area contributed by atoms with Gasteiger partial charge in [-0.2, -0.15) is 0 Å². The molecule has 144 valence electrons. The highest BCUT2D eigenvalue weighted by atomic mass is 17.2. The van der Waals surface area contributed by atoms with Crippen molar-refractivity contribution >= 4 is 6.16 Å². The van der Waals surface area contributed by atoms with Crippen LogP contribution in [0.3, 0.4) is 0 Å². The molecule has 0 radical (unpaired) electrons. The molecule has 0 aromatic rings. The molecule has 0 fully saturated rings. The summed E-state index contributed by atoms with van der Waals surface area (Å²) >= 11 is 0. The van der Waals surface area contributed by atoms with E-state index in [1.807, 2.05) is 41.5 Å². The molecule has 0 aliphatic heterocycles. The molecule has 0 unspecified atom stereocenters. The molecule has 0 spiro atoms. The third kappa shape index (κ3) is 13.5. The van der Waals surface area contributed by atoms with Gasteiger partial charge in [-0.25, -0.2) is 24.3 Å². The van der Waals surface area contributed by atoms with Crippen molar-refractivity contribution in [1.29, 1.82) is 0 Å². The lowest BCUT2D eigenvalue weighted by Gasteiger charge is -2.29. The monoisotopic (exact) mass is 350 g/mol. The zero-order valence-electron chi connectivity index (χ0n) is 16.8. The fourth-order valence-electron chi connectivity index (χ4n) is 1.23. The van der Waals surface area contributed by atoms with Crippen LogP contribution >= 0.6 is 0 Å². The van der Waals surface area contributed by atoms with E-state index >= 15 is 0 Å². The molecule has 0 saturated carbocycles. The predicted octanol–water partition coefficient (Wildman–Crippen LogP) is 4.19. The van der Waals surface area contributed by atoms with Crippen LogP contribution in [-0.2, 0) is 29.0 Å². The lowest BCUT2D eigenvalue weighted by molar-refractivity contribution is -0.365.